The number of hydrogen-bond acceptors (Lipinski definition) is 5. The molecular formula is C24H27N3O3. The smallest absolute Gasteiger partial charge is 0.190 e. The normalized spacial score (nSPS) is 24.8. The lowest BCUT2D eigenvalue weighted by atomic mass is 9.73. The van der Waals surface area contributed by atoms with E-state index >= 15 is 0 Å². The maximum absolute atomic E-state index is 13.1. The van der Waals surface area contributed by atoms with Crippen LogP contribution in [0, 0.1) is 11.8 Å². The summed E-state index contributed by atoms with van der Waals surface area (Å²) in [6.45, 7) is 5.71. The fraction of sp³-hybridized carbons (Fsp3) is 0.500. The molecule has 1 saturated carbocycles. The third kappa shape index (κ3) is 3.38. The van der Waals surface area contributed by atoms with Crippen molar-refractivity contribution < 1.29 is 14.3 Å². The number of rotatable bonds is 4. The van der Waals surface area contributed by atoms with Crippen molar-refractivity contribution in [3.63, 3.8) is 0 Å². The summed E-state index contributed by atoms with van der Waals surface area (Å²) in [5, 5.41) is 4.44. The quantitative estimate of drug-likeness (QED) is 0.713. The van der Waals surface area contributed by atoms with Gasteiger partial charge in [0.05, 0.1) is 19.2 Å². The molecule has 5 rings (SSSR count). The Hall–Kier alpha value is -2.76. The van der Waals surface area contributed by atoms with Gasteiger partial charge in [0.2, 0.25) is 0 Å². The highest BCUT2D eigenvalue weighted by Gasteiger charge is 2.45. The van der Waals surface area contributed by atoms with Crippen LogP contribution in [0.3, 0.4) is 0 Å². The molecular weight excluding hydrogens is 378 g/mol. The zero-order chi connectivity index (χ0) is 20.9. The van der Waals surface area contributed by atoms with Gasteiger partial charge >= 0.3 is 0 Å². The van der Waals surface area contributed by atoms with Gasteiger partial charge in [0, 0.05) is 24.2 Å². The number of carbonyl (C=O) groups excluding carboxylic acids is 2. The van der Waals surface area contributed by atoms with Gasteiger partial charge in [-0.05, 0) is 48.8 Å². The second-order valence-corrected chi connectivity index (χ2v) is 9.36. The number of ketones is 2. The average Bonchev–Trinajstić information content (AvgIpc) is 3.33. The average molecular weight is 405 g/mol. The van der Waals surface area contributed by atoms with Crippen molar-refractivity contribution in [3.8, 4) is 5.75 Å². The van der Waals surface area contributed by atoms with E-state index in [1.807, 2.05) is 35.3 Å². The molecule has 1 spiro atoms. The van der Waals surface area contributed by atoms with Gasteiger partial charge in [-0.1, -0.05) is 26.0 Å². The molecule has 0 bridgehead atoms. The summed E-state index contributed by atoms with van der Waals surface area (Å²) in [4.78, 5) is 30.1. The summed E-state index contributed by atoms with van der Waals surface area (Å²) in [6, 6.07) is 5.91. The van der Waals surface area contributed by atoms with E-state index in [-0.39, 0.29) is 17.5 Å². The minimum atomic E-state index is -0.489. The first-order chi connectivity index (χ1) is 14.4. The van der Waals surface area contributed by atoms with Crippen molar-refractivity contribution in [2.75, 3.05) is 0 Å². The highest BCUT2D eigenvalue weighted by molar-refractivity contribution is 6.00. The van der Waals surface area contributed by atoms with Crippen molar-refractivity contribution in [3.05, 3.63) is 46.8 Å². The predicted octanol–water partition coefficient (Wildman–Crippen LogP) is 4.25. The Morgan fingerprint density at radius 1 is 1.30 bits per heavy atom. The molecule has 1 fully saturated rings. The number of nitrogens with zero attached hydrogens (tertiary/aromatic N) is 3. The first kappa shape index (κ1) is 19.2. The largest absolute Gasteiger partial charge is 0.483 e. The Balaban J connectivity index is 1.28. The number of ether oxygens (including phenoxy) is 1. The number of fused-ring (bicyclic) bond motifs is 2. The summed E-state index contributed by atoms with van der Waals surface area (Å²) in [7, 11) is 0. The minimum absolute atomic E-state index is 0.0178. The Morgan fingerprint density at radius 3 is 2.87 bits per heavy atom. The Labute approximate surface area is 176 Å². The fourth-order valence-corrected chi connectivity index (χ4v) is 4.96. The zero-order valence-electron chi connectivity index (χ0n) is 17.6. The maximum atomic E-state index is 13.1. The van der Waals surface area contributed by atoms with Crippen LogP contribution in [0.1, 0.15) is 77.9 Å². The van der Waals surface area contributed by atoms with Crippen molar-refractivity contribution in [1.82, 2.24) is 9.78 Å². The van der Waals surface area contributed by atoms with Crippen LogP contribution >= 0.6 is 0 Å². The molecule has 0 atom stereocenters. The predicted molar refractivity (Wildman–Crippen MR) is 113 cm³/mol. The van der Waals surface area contributed by atoms with Gasteiger partial charge in [-0.15, -0.1) is 0 Å². The van der Waals surface area contributed by atoms with E-state index in [0.717, 1.165) is 43.4 Å². The van der Waals surface area contributed by atoms with Crippen molar-refractivity contribution in [1.29, 1.82) is 0 Å². The van der Waals surface area contributed by atoms with Gasteiger partial charge in [-0.2, -0.15) is 5.10 Å². The molecule has 3 heterocycles. The van der Waals surface area contributed by atoms with Gasteiger partial charge in [0.25, 0.3) is 0 Å². The van der Waals surface area contributed by atoms with Crippen LogP contribution in [0.2, 0.25) is 0 Å². The van der Waals surface area contributed by atoms with E-state index in [9.17, 15) is 9.59 Å². The first-order valence-electron chi connectivity index (χ1n) is 10.9. The van der Waals surface area contributed by atoms with Gasteiger partial charge < -0.3 is 4.74 Å². The highest BCUT2D eigenvalue weighted by atomic mass is 16.5. The van der Waals surface area contributed by atoms with Crippen LogP contribution < -0.4 is 4.74 Å². The topological polar surface area (TPSA) is 73.5 Å². The maximum Gasteiger partial charge on any atom is 0.190 e. The van der Waals surface area contributed by atoms with Crippen molar-refractivity contribution >= 4 is 17.8 Å². The number of benzene rings is 1. The Morgan fingerprint density at radius 2 is 2.10 bits per heavy atom. The molecule has 0 unspecified atom stereocenters. The standard InChI is InChI=1S/C24H27N3O3/c1-15(2)13-27-14-21-22(26-27)20(28)10-24(30-21)7-5-16(6-8-24)23(29)17-3-4-18-11-25-12-19(18)9-17/h3-4,9,12,14-16H,5-8,10-11,13H2,1-2H3. The summed E-state index contributed by atoms with van der Waals surface area (Å²) in [6.07, 6.45) is 6.99. The fourth-order valence-electron chi connectivity index (χ4n) is 4.96. The third-order valence-corrected chi connectivity index (χ3v) is 6.54. The lowest BCUT2D eigenvalue weighted by molar-refractivity contribution is 0.00370. The van der Waals surface area contributed by atoms with Gasteiger partial charge in [-0.25, -0.2) is 0 Å². The molecule has 0 amide bonds. The van der Waals surface area contributed by atoms with Crippen LogP contribution in [-0.4, -0.2) is 33.2 Å². The molecule has 1 aromatic heterocycles. The van der Waals surface area contributed by atoms with Crippen LogP contribution in [-0.2, 0) is 13.1 Å². The van der Waals surface area contributed by atoms with Crippen LogP contribution in [0.5, 0.6) is 5.75 Å². The second-order valence-electron chi connectivity index (χ2n) is 9.36. The molecule has 0 radical (unpaired) electrons. The number of Topliss-reactive ketones (excluding diaryl/α,β-unsaturated/α-hetero) is 2. The minimum Gasteiger partial charge on any atom is -0.483 e. The van der Waals surface area contributed by atoms with Crippen LogP contribution in [0.4, 0.5) is 0 Å². The number of hydrogen-bond donors (Lipinski definition) is 0. The monoisotopic (exact) mass is 405 g/mol. The molecule has 0 N–H and O–H groups in total. The molecule has 156 valence electrons. The summed E-state index contributed by atoms with van der Waals surface area (Å²) in [5.41, 5.74) is 2.97. The van der Waals surface area contributed by atoms with E-state index in [2.05, 4.69) is 23.9 Å². The van der Waals surface area contributed by atoms with Gasteiger partial charge in [-0.3, -0.25) is 19.3 Å². The molecule has 6 heteroatoms. The van der Waals surface area contributed by atoms with Crippen LogP contribution in [0.15, 0.2) is 29.4 Å². The molecule has 3 aliphatic rings. The molecule has 1 aliphatic carbocycles. The number of aromatic nitrogens is 2. The SMILES string of the molecule is CC(C)Cn1cc2c(n1)C(=O)CC1(CCC(C(=O)c3ccc4c(c3)C=NC4)CC1)O2. The van der Waals surface area contributed by atoms with Gasteiger partial charge in [0.1, 0.15) is 5.60 Å². The Bertz CT molecular complexity index is 1040. The lowest BCUT2D eigenvalue weighted by Gasteiger charge is -2.41. The zero-order valence-corrected chi connectivity index (χ0v) is 17.6. The number of carbonyl (C=O) groups is 2. The van der Waals surface area contributed by atoms with E-state index in [1.165, 1.54) is 5.56 Å². The highest BCUT2D eigenvalue weighted by Crippen LogP contribution is 2.43. The summed E-state index contributed by atoms with van der Waals surface area (Å²) >= 11 is 0. The third-order valence-electron chi connectivity index (χ3n) is 6.54. The first-order valence-corrected chi connectivity index (χ1v) is 10.9. The summed E-state index contributed by atoms with van der Waals surface area (Å²) < 4.78 is 8.17. The molecule has 0 saturated heterocycles. The molecule has 2 aliphatic heterocycles. The molecule has 2 aromatic rings. The molecule has 6 nitrogen and oxygen atoms in total. The lowest BCUT2D eigenvalue weighted by Crippen LogP contribution is -2.45. The molecule has 1 aromatic carbocycles. The van der Waals surface area contributed by atoms with Crippen LogP contribution in [0.25, 0.3) is 0 Å². The van der Waals surface area contributed by atoms with Crippen molar-refractivity contribution in [2.24, 2.45) is 16.8 Å². The van der Waals surface area contributed by atoms with Crippen molar-refractivity contribution in [2.45, 2.75) is 64.6 Å². The van der Waals surface area contributed by atoms with E-state index in [4.69, 9.17) is 4.74 Å². The summed E-state index contributed by atoms with van der Waals surface area (Å²) in [5.74, 6) is 1.29. The van der Waals surface area contributed by atoms with E-state index in [1.54, 1.807) is 0 Å². The van der Waals surface area contributed by atoms with E-state index < -0.39 is 5.60 Å². The Kier molecular flexibility index (Phi) is 4.60. The molecule has 30 heavy (non-hydrogen) atoms. The second kappa shape index (κ2) is 7.18. The number of aliphatic imine (C=N–C) groups is 1. The van der Waals surface area contributed by atoms with Gasteiger partial charge in [0.15, 0.2) is 23.0 Å². The van der Waals surface area contributed by atoms with E-state index in [0.29, 0.717) is 30.3 Å².